The molecule has 2 heterocycles. The fraction of sp³-hybridized carbons (Fsp3) is 0.412. The minimum Gasteiger partial charge on any atom is -0.465 e. The first-order chi connectivity index (χ1) is 12.4. The van der Waals surface area contributed by atoms with Gasteiger partial charge in [0, 0.05) is 19.1 Å². The number of thiazole rings is 1. The molecule has 1 aliphatic carbocycles. The number of fused-ring (bicyclic) bond motifs is 1. The van der Waals surface area contributed by atoms with Crippen LogP contribution in [0.25, 0.3) is 0 Å². The van der Waals surface area contributed by atoms with E-state index in [1.807, 2.05) is 6.92 Å². The fourth-order valence-electron chi connectivity index (χ4n) is 3.43. The summed E-state index contributed by atoms with van der Waals surface area (Å²) in [6.45, 7) is 3.40. The van der Waals surface area contributed by atoms with Gasteiger partial charge in [-0.1, -0.05) is 29.0 Å². The van der Waals surface area contributed by atoms with Gasteiger partial charge in [-0.15, -0.1) is 0 Å². The highest BCUT2D eigenvalue weighted by Crippen LogP contribution is 2.47. The molecule has 4 rings (SSSR count). The van der Waals surface area contributed by atoms with Crippen molar-refractivity contribution in [2.24, 2.45) is 11.8 Å². The predicted octanol–water partition coefficient (Wildman–Crippen LogP) is 1.65. The smallest absolute Gasteiger partial charge is 0.349 e. The summed E-state index contributed by atoms with van der Waals surface area (Å²) in [4.78, 5) is 18.7. The van der Waals surface area contributed by atoms with E-state index in [0.717, 1.165) is 23.8 Å². The number of sulfonamides is 1. The van der Waals surface area contributed by atoms with Gasteiger partial charge >= 0.3 is 5.97 Å². The van der Waals surface area contributed by atoms with Crippen molar-refractivity contribution < 1.29 is 17.9 Å². The van der Waals surface area contributed by atoms with Crippen molar-refractivity contribution >= 4 is 32.5 Å². The van der Waals surface area contributed by atoms with E-state index in [9.17, 15) is 13.2 Å². The van der Waals surface area contributed by atoms with Crippen LogP contribution in [0.1, 0.15) is 15.2 Å². The van der Waals surface area contributed by atoms with Crippen LogP contribution in [0.4, 0.5) is 5.13 Å². The van der Waals surface area contributed by atoms with Crippen LogP contribution in [0.5, 0.6) is 0 Å². The van der Waals surface area contributed by atoms with Crippen molar-refractivity contribution in [1.82, 2.24) is 9.71 Å². The van der Waals surface area contributed by atoms with Gasteiger partial charge in [-0.25, -0.2) is 22.9 Å². The maximum Gasteiger partial charge on any atom is 0.349 e. The highest BCUT2D eigenvalue weighted by Gasteiger charge is 2.57. The largest absolute Gasteiger partial charge is 0.465 e. The third kappa shape index (κ3) is 3.10. The Morgan fingerprint density at radius 1 is 1.27 bits per heavy atom. The first kappa shape index (κ1) is 17.4. The van der Waals surface area contributed by atoms with Crippen molar-refractivity contribution in [1.29, 1.82) is 0 Å². The van der Waals surface area contributed by atoms with Gasteiger partial charge in [-0.2, -0.15) is 0 Å². The van der Waals surface area contributed by atoms with E-state index < -0.39 is 10.0 Å². The number of carbonyl (C=O) groups excluding carboxylic acids is 1. The molecule has 0 bridgehead atoms. The van der Waals surface area contributed by atoms with Crippen molar-refractivity contribution in [2.45, 2.75) is 17.9 Å². The molecule has 2 unspecified atom stereocenters. The van der Waals surface area contributed by atoms with Crippen molar-refractivity contribution in [2.75, 3.05) is 25.1 Å². The summed E-state index contributed by atoms with van der Waals surface area (Å²) in [5, 5.41) is 0.776. The molecular weight excluding hydrogens is 374 g/mol. The number of hydrogen-bond donors (Lipinski definition) is 1. The van der Waals surface area contributed by atoms with Crippen molar-refractivity contribution in [3.05, 3.63) is 40.9 Å². The number of ether oxygens (including phenoxy) is 1. The molecule has 2 aromatic rings. The van der Waals surface area contributed by atoms with Crippen LogP contribution in [-0.2, 0) is 14.8 Å². The van der Waals surface area contributed by atoms with Crippen molar-refractivity contribution in [3.8, 4) is 0 Å². The van der Waals surface area contributed by atoms with Gasteiger partial charge in [0.15, 0.2) is 5.13 Å². The van der Waals surface area contributed by atoms with Gasteiger partial charge in [-0.3, -0.25) is 0 Å². The Morgan fingerprint density at radius 2 is 1.92 bits per heavy atom. The minimum atomic E-state index is -3.49. The van der Waals surface area contributed by atoms with E-state index in [4.69, 9.17) is 4.74 Å². The molecule has 1 aromatic heterocycles. The second kappa shape index (κ2) is 6.33. The van der Waals surface area contributed by atoms with Gasteiger partial charge in [0.05, 0.1) is 18.2 Å². The lowest BCUT2D eigenvalue weighted by Crippen LogP contribution is -2.34. The second-order valence-electron chi connectivity index (χ2n) is 6.69. The summed E-state index contributed by atoms with van der Waals surface area (Å²) < 4.78 is 32.5. The standard InChI is InChI=1S/C17H19N3O4S2/c1-10-3-5-11(6-4-10)26(22,23)19-15-12-8-20(9-13(12)15)17-18-7-14(25-17)16(21)24-2/h3-7,12-13,15,19H,8-9H2,1-2H3. The van der Waals surface area contributed by atoms with E-state index in [1.54, 1.807) is 24.3 Å². The number of anilines is 1. The van der Waals surface area contributed by atoms with E-state index in [0.29, 0.717) is 9.77 Å². The Balaban J connectivity index is 1.38. The molecule has 138 valence electrons. The lowest BCUT2D eigenvalue weighted by atomic mass is 10.2. The van der Waals surface area contributed by atoms with E-state index >= 15 is 0 Å². The Labute approximate surface area is 156 Å². The molecule has 1 saturated carbocycles. The Bertz CT molecular complexity index is 927. The fourth-order valence-corrected chi connectivity index (χ4v) is 5.62. The van der Waals surface area contributed by atoms with Gasteiger partial charge in [0.25, 0.3) is 0 Å². The van der Waals surface area contributed by atoms with Gasteiger partial charge < -0.3 is 9.64 Å². The van der Waals surface area contributed by atoms with Gasteiger partial charge in [0.1, 0.15) is 4.88 Å². The highest BCUT2D eigenvalue weighted by molar-refractivity contribution is 7.89. The summed E-state index contributed by atoms with van der Waals surface area (Å²) in [5.41, 5.74) is 1.03. The molecule has 2 atom stereocenters. The Hall–Kier alpha value is -1.97. The van der Waals surface area contributed by atoms with Crippen LogP contribution in [-0.4, -0.2) is 45.6 Å². The third-order valence-corrected chi connectivity index (χ3v) is 7.48. The summed E-state index contributed by atoms with van der Waals surface area (Å²) in [6, 6.07) is 6.83. The monoisotopic (exact) mass is 393 g/mol. The molecule has 1 N–H and O–H groups in total. The zero-order chi connectivity index (χ0) is 18.5. The number of nitrogens with one attached hydrogen (secondary N) is 1. The first-order valence-corrected chi connectivity index (χ1v) is 10.6. The van der Waals surface area contributed by atoms with E-state index in [2.05, 4.69) is 14.6 Å². The molecule has 1 aromatic carbocycles. The number of nitrogens with zero attached hydrogens (tertiary/aromatic N) is 2. The predicted molar refractivity (Wildman–Crippen MR) is 97.9 cm³/mol. The number of benzene rings is 1. The molecule has 0 amide bonds. The zero-order valence-corrected chi connectivity index (χ0v) is 16.0. The number of aromatic nitrogens is 1. The minimum absolute atomic E-state index is 0.0300. The van der Waals surface area contributed by atoms with Crippen LogP contribution in [0, 0.1) is 18.8 Å². The normalized spacial score (nSPS) is 24.4. The van der Waals surface area contributed by atoms with Crippen LogP contribution in [0.2, 0.25) is 0 Å². The molecule has 2 aliphatic rings. The summed E-state index contributed by atoms with van der Waals surface area (Å²) >= 11 is 1.30. The van der Waals surface area contributed by atoms with Crippen LogP contribution in [0.3, 0.4) is 0 Å². The quantitative estimate of drug-likeness (QED) is 0.777. The number of carbonyl (C=O) groups is 1. The Morgan fingerprint density at radius 3 is 2.54 bits per heavy atom. The maximum atomic E-state index is 12.5. The SMILES string of the molecule is COC(=O)c1cnc(N2CC3C(C2)C3NS(=O)(=O)c2ccc(C)cc2)s1. The zero-order valence-electron chi connectivity index (χ0n) is 14.4. The summed E-state index contributed by atoms with van der Waals surface area (Å²) in [7, 11) is -2.15. The number of methoxy groups -OCH3 is 1. The number of esters is 1. The molecule has 0 radical (unpaired) electrons. The number of rotatable bonds is 5. The van der Waals surface area contributed by atoms with Crippen LogP contribution < -0.4 is 9.62 Å². The first-order valence-electron chi connectivity index (χ1n) is 8.27. The van der Waals surface area contributed by atoms with Crippen molar-refractivity contribution in [3.63, 3.8) is 0 Å². The third-order valence-electron chi connectivity index (χ3n) is 4.97. The summed E-state index contributed by atoms with van der Waals surface area (Å²) in [6.07, 6.45) is 1.52. The molecule has 0 spiro atoms. The van der Waals surface area contributed by atoms with Crippen LogP contribution >= 0.6 is 11.3 Å². The highest BCUT2D eigenvalue weighted by atomic mass is 32.2. The Kier molecular flexibility index (Phi) is 4.25. The number of aryl methyl sites for hydroxylation is 1. The molecule has 1 aliphatic heterocycles. The summed E-state index contributed by atoms with van der Waals surface area (Å²) in [5.74, 6) is 0.170. The van der Waals surface area contributed by atoms with E-state index in [1.165, 1.54) is 24.6 Å². The second-order valence-corrected chi connectivity index (χ2v) is 9.41. The lowest BCUT2D eigenvalue weighted by Gasteiger charge is -2.19. The number of hydrogen-bond acceptors (Lipinski definition) is 7. The average molecular weight is 393 g/mol. The molecule has 1 saturated heterocycles. The van der Waals surface area contributed by atoms with Crippen LogP contribution in [0.15, 0.2) is 35.4 Å². The van der Waals surface area contributed by atoms with Gasteiger partial charge in [-0.05, 0) is 30.9 Å². The molecular formula is C17H19N3O4S2. The van der Waals surface area contributed by atoms with Gasteiger partial charge in [0.2, 0.25) is 10.0 Å². The average Bonchev–Trinajstić information content (AvgIpc) is 3.05. The molecule has 26 heavy (non-hydrogen) atoms. The number of piperidine rings is 1. The molecule has 7 nitrogen and oxygen atoms in total. The van der Waals surface area contributed by atoms with E-state index in [-0.39, 0.29) is 23.8 Å². The maximum absolute atomic E-state index is 12.5. The molecule has 2 fully saturated rings. The molecule has 9 heteroatoms. The topological polar surface area (TPSA) is 88.6 Å². The lowest BCUT2D eigenvalue weighted by molar-refractivity contribution is 0.0606.